The van der Waals surface area contributed by atoms with Crippen molar-refractivity contribution in [1.29, 1.82) is 0 Å². The zero-order valence-corrected chi connectivity index (χ0v) is 9.89. The van der Waals surface area contributed by atoms with Gasteiger partial charge in [-0.15, -0.1) is 0 Å². The van der Waals surface area contributed by atoms with E-state index >= 15 is 0 Å². The lowest BCUT2D eigenvalue weighted by atomic mass is 10.2. The Morgan fingerprint density at radius 2 is 2.00 bits per heavy atom. The van der Waals surface area contributed by atoms with Crippen molar-refractivity contribution in [3.05, 3.63) is 34.3 Å². The number of carbonyl (C=O) groups is 1. The van der Waals surface area contributed by atoms with Gasteiger partial charge in [-0.3, -0.25) is 4.79 Å². The lowest BCUT2D eigenvalue weighted by Gasteiger charge is -2.17. The molecule has 2 nitrogen and oxygen atoms in total. The Morgan fingerprint density at radius 1 is 1.36 bits per heavy atom. The van der Waals surface area contributed by atoms with Crippen LogP contribution in [-0.2, 0) is 0 Å². The second-order valence-electron chi connectivity index (χ2n) is 2.82. The summed E-state index contributed by atoms with van der Waals surface area (Å²) in [7, 11) is 0. The minimum Gasteiger partial charge on any atom is -0.339 e. The molecule has 1 aromatic carbocycles. The molecule has 1 aromatic rings. The Kier molecular flexibility index (Phi) is 3.97. The first-order chi connectivity index (χ1) is 6.69. The second-order valence-corrected chi connectivity index (χ2v) is 3.68. The summed E-state index contributed by atoms with van der Waals surface area (Å²) in [6.45, 7) is 5.37. The highest BCUT2D eigenvalue weighted by Gasteiger charge is 2.11. The van der Waals surface area contributed by atoms with Gasteiger partial charge in [-0.1, -0.05) is 12.1 Å². The number of halogens is 1. The molecule has 0 heterocycles. The van der Waals surface area contributed by atoms with Crippen molar-refractivity contribution in [2.45, 2.75) is 13.8 Å². The lowest BCUT2D eigenvalue weighted by Crippen LogP contribution is -2.30. The van der Waals surface area contributed by atoms with Crippen LogP contribution >= 0.6 is 15.9 Å². The van der Waals surface area contributed by atoms with Crippen LogP contribution in [0, 0.1) is 12.1 Å². The molecule has 14 heavy (non-hydrogen) atoms. The van der Waals surface area contributed by atoms with Crippen LogP contribution in [0.1, 0.15) is 24.2 Å². The molecular formula is C11H12BrNO. The van der Waals surface area contributed by atoms with Gasteiger partial charge in [0.05, 0.1) is 10.0 Å². The molecule has 3 heteroatoms. The first kappa shape index (κ1) is 11.1. The molecule has 0 bridgehead atoms. The highest BCUT2D eigenvalue weighted by atomic mass is 79.9. The minimum absolute atomic E-state index is 0.0127. The van der Waals surface area contributed by atoms with Gasteiger partial charge in [-0.05, 0) is 41.9 Å². The van der Waals surface area contributed by atoms with Crippen LogP contribution in [-0.4, -0.2) is 23.9 Å². The predicted octanol–water partition coefficient (Wildman–Crippen LogP) is 2.53. The highest BCUT2D eigenvalue weighted by Crippen LogP contribution is 2.07. The quantitative estimate of drug-likeness (QED) is 0.811. The van der Waals surface area contributed by atoms with E-state index in [0.29, 0.717) is 5.56 Å². The lowest BCUT2D eigenvalue weighted by molar-refractivity contribution is 0.0773. The predicted molar refractivity (Wildman–Crippen MR) is 59.1 cm³/mol. The number of nitrogens with zero attached hydrogens (tertiary/aromatic N) is 1. The van der Waals surface area contributed by atoms with Gasteiger partial charge < -0.3 is 4.90 Å². The van der Waals surface area contributed by atoms with Crippen LogP contribution < -0.4 is 0 Å². The molecule has 0 saturated carbocycles. The van der Waals surface area contributed by atoms with E-state index in [9.17, 15) is 4.79 Å². The molecule has 0 aliphatic carbocycles. The van der Waals surface area contributed by atoms with Crippen molar-refractivity contribution < 1.29 is 4.79 Å². The smallest absolute Gasteiger partial charge is 0.262 e. The largest absolute Gasteiger partial charge is 0.339 e. The summed E-state index contributed by atoms with van der Waals surface area (Å²) in [5, 5.41) is 0. The SMILES string of the molecule is CCN(CC)C(=O)c1c#cc(Br)cc1. The van der Waals surface area contributed by atoms with Crippen LogP contribution in [0.25, 0.3) is 0 Å². The maximum atomic E-state index is 11.8. The summed E-state index contributed by atoms with van der Waals surface area (Å²) in [6, 6.07) is 9.20. The molecule has 0 aromatic heterocycles. The Hall–Kier alpha value is -1.01. The molecule has 0 fully saturated rings. The molecule has 74 valence electrons. The van der Waals surface area contributed by atoms with Crippen molar-refractivity contribution in [2.24, 2.45) is 0 Å². The topological polar surface area (TPSA) is 20.3 Å². The molecular weight excluding hydrogens is 242 g/mol. The van der Waals surface area contributed by atoms with Crippen LogP contribution in [0.3, 0.4) is 0 Å². The maximum absolute atomic E-state index is 11.8. The third-order valence-electron chi connectivity index (χ3n) is 1.99. The van der Waals surface area contributed by atoms with Gasteiger partial charge in [-0.2, -0.15) is 0 Å². The minimum atomic E-state index is 0.0127. The van der Waals surface area contributed by atoms with Gasteiger partial charge in [0, 0.05) is 13.1 Å². The zero-order chi connectivity index (χ0) is 10.6. The molecule has 1 amide bonds. The molecule has 0 radical (unpaired) electrons. The van der Waals surface area contributed by atoms with E-state index in [1.807, 2.05) is 13.8 Å². The standard InChI is InChI=1S/C11H12BrNO/c1-3-13(4-2)11(14)9-5-7-10(12)8-6-9/h5,7H,3-4H2,1-2H3. The number of hydrogen-bond acceptors (Lipinski definition) is 1. The van der Waals surface area contributed by atoms with Crippen molar-refractivity contribution >= 4 is 21.8 Å². The third kappa shape index (κ3) is 2.49. The average molecular weight is 254 g/mol. The third-order valence-corrected chi connectivity index (χ3v) is 2.46. The van der Waals surface area contributed by atoms with Crippen molar-refractivity contribution in [1.82, 2.24) is 4.90 Å². The summed E-state index contributed by atoms with van der Waals surface area (Å²) in [5.41, 5.74) is 0.567. The van der Waals surface area contributed by atoms with Crippen molar-refractivity contribution in [2.75, 3.05) is 13.1 Å². The monoisotopic (exact) mass is 253 g/mol. The van der Waals surface area contributed by atoms with Gasteiger partial charge in [0.25, 0.3) is 5.91 Å². The first-order valence-electron chi connectivity index (χ1n) is 4.57. The maximum Gasteiger partial charge on any atom is 0.262 e. The van der Waals surface area contributed by atoms with E-state index in [1.54, 1.807) is 17.0 Å². The Bertz CT molecular complexity index is 304. The van der Waals surface area contributed by atoms with Gasteiger partial charge in [-0.25, -0.2) is 0 Å². The number of amides is 1. The zero-order valence-electron chi connectivity index (χ0n) is 8.30. The van der Waals surface area contributed by atoms with Crippen LogP contribution in [0.2, 0.25) is 0 Å². The van der Waals surface area contributed by atoms with Crippen LogP contribution in [0.5, 0.6) is 0 Å². The van der Waals surface area contributed by atoms with Crippen LogP contribution in [0.4, 0.5) is 0 Å². The van der Waals surface area contributed by atoms with Crippen molar-refractivity contribution in [3.8, 4) is 0 Å². The Balaban J connectivity index is 2.83. The molecule has 0 aliphatic rings. The summed E-state index contributed by atoms with van der Waals surface area (Å²) >= 11 is 3.25. The fourth-order valence-electron chi connectivity index (χ4n) is 1.17. The number of rotatable bonds is 3. The van der Waals surface area contributed by atoms with E-state index in [0.717, 1.165) is 17.6 Å². The Labute approximate surface area is 93.0 Å². The molecule has 0 unspecified atom stereocenters. The second kappa shape index (κ2) is 5.02. The summed E-state index contributed by atoms with van der Waals surface area (Å²) in [6.07, 6.45) is 0. The van der Waals surface area contributed by atoms with E-state index < -0.39 is 0 Å². The van der Waals surface area contributed by atoms with E-state index in [-0.39, 0.29) is 5.91 Å². The number of carbonyl (C=O) groups excluding carboxylic acids is 1. The summed E-state index contributed by atoms with van der Waals surface area (Å²) in [5.74, 6) is 0.0127. The van der Waals surface area contributed by atoms with E-state index in [1.165, 1.54) is 0 Å². The summed E-state index contributed by atoms with van der Waals surface area (Å²) in [4.78, 5) is 13.5. The molecule has 0 N–H and O–H groups in total. The first-order valence-corrected chi connectivity index (χ1v) is 5.37. The normalized spacial score (nSPS) is 9.36. The summed E-state index contributed by atoms with van der Waals surface area (Å²) < 4.78 is 0.814. The fraction of sp³-hybridized carbons (Fsp3) is 0.364. The van der Waals surface area contributed by atoms with Gasteiger partial charge >= 0.3 is 0 Å². The molecule has 1 rings (SSSR count). The highest BCUT2D eigenvalue weighted by molar-refractivity contribution is 9.10. The van der Waals surface area contributed by atoms with Gasteiger partial charge in [0.2, 0.25) is 0 Å². The molecule has 0 spiro atoms. The van der Waals surface area contributed by atoms with E-state index in [4.69, 9.17) is 0 Å². The molecule has 0 saturated heterocycles. The van der Waals surface area contributed by atoms with Gasteiger partial charge in [0.1, 0.15) is 0 Å². The Morgan fingerprint density at radius 3 is 2.43 bits per heavy atom. The number of hydrogen-bond donors (Lipinski definition) is 0. The van der Waals surface area contributed by atoms with E-state index in [2.05, 4.69) is 28.1 Å². The van der Waals surface area contributed by atoms with Gasteiger partial charge in [0.15, 0.2) is 0 Å². The van der Waals surface area contributed by atoms with Crippen LogP contribution in [0.15, 0.2) is 16.6 Å². The molecule has 0 atom stereocenters. The fourth-order valence-corrected chi connectivity index (χ4v) is 1.40. The van der Waals surface area contributed by atoms with Crippen molar-refractivity contribution in [3.63, 3.8) is 0 Å². The average Bonchev–Trinajstić information content (AvgIpc) is 2.20. The molecule has 0 aliphatic heterocycles.